The molecule has 0 aliphatic carbocycles. The molecule has 4 aliphatic heterocycles. The molecule has 20 atom stereocenters. The van der Waals surface area contributed by atoms with E-state index in [1.54, 1.807) is 13.8 Å². The van der Waals surface area contributed by atoms with Gasteiger partial charge in [-0.25, -0.2) is 0 Å². The van der Waals surface area contributed by atoms with Gasteiger partial charge in [0.2, 0.25) is 0 Å². The second kappa shape index (κ2) is 19.3. The minimum Gasteiger partial charge on any atom is -0.394 e. The molecule has 4 aliphatic rings. The smallest absolute Gasteiger partial charge is 0.187 e. The summed E-state index contributed by atoms with van der Waals surface area (Å²) in [5.41, 5.74) is 0. The molecule has 0 spiro atoms. The highest BCUT2D eigenvalue weighted by Crippen LogP contribution is 2.35. The van der Waals surface area contributed by atoms with Gasteiger partial charge in [-0.3, -0.25) is 0 Å². The van der Waals surface area contributed by atoms with Crippen LogP contribution in [0.5, 0.6) is 0 Å². The third-order valence-corrected chi connectivity index (χ3v) is 11.1. The lowest BCUT2D eigenvalue weighted by Crippen LogP contribution is -2.67. The van der Waals surface area contributed by atoms with Crippen molar-refractivity contribution < 1.29 is 84.2 Å². The molecule has 4 rings (SSSR count). The topological polar surface area (TPSA) is 291 Å². The number of aliphatic hydroxyl groups is 10. The average Bonchev–Trinajstić information content (AvgIpc) is 3.11. The number of thioether (sulfide) groups is 1. The second-order valence-corrected chi connectivity index (χ2v) is 14.9. The lowest BCUT2D eigenvalue weighted by atomic mass is 9.90. The monoisotopic (exact) mass is 778 g/mol. The van der Waals surface area contributed by atoms with Gasteiger partial charge in [-0.2, -0.15) is 11.8 Å². The van der Waals surface area contributed by atoms with E-state index in [0.29, 0.717) is 18.1 Å². The first kappa shape index (κ1) is 43.1. The van der Waals surface area contributed by atoms with Crippen LogP contribution >= 0.6 is 24.0 Å². The van der Waals surface area contributed by atoms with Crippen LogP contribution in [0.1, 0.15) is 20.8 Å². The van der Waals surface area contributed by atoms with Gasteiger partial charge in [0, 0.05) is 37.0 Å². The third-order valence-electron chi connectivity index (χ3n) is 9.81. The highest BCUT2D eigenvalue weighted by Gasteiger charge is 2.53. The van der Waals surface area contributed by atoms with Crippen molar-refractivity contribution in [2.45, 2.75) is 131 Å². The van der Waals surface area contributed by atoms with Gasteiger partial charge in [-0.15, -0.1) is 0 Å². The molecule has 0 amide bonds. The molecule has 9 unspecified atom stereocenters. The number of aliphatic hydroxyl groups excluding tert-OH is 10. The molecule has 0 aromatic heterocycles. The number of thiocarbonyl (C=S) groups is 1. The van der Waals surface area contributed by atoms with Crippen molar-refractivity contribution in [3.63, 3.8) is 0 Å². The maximum absolute atomic E-state index is 10.7. The first-order chi connectivity index (χ1) is 24.1. The van der Waals surface area contributed by atoms with Crippen molar-refractivity contribution in [2.24, 2.45) is 11.8 Å². The number of nitrogens with one attached hydrogen (secondary N) is 2. The lowest BCUT2D eigenvalue weighted by Gasteiger charge is -2.50. The molecule has 21 heteroatoms. The molecule has 19 nitrogen and oxygen atoms in total. The molecule has 4 saturated heterocycles. The first-order valence-electron chi connectivity index (χ1n) is 16.9. The summed E-state index contributed by atoms with van der Waals surface area (Å²) in [7, 11) is 1.39. The van der Waals surface area contributed by atoms with Gasteiger partial charge in [-0.05, 0) is 19.1 Å². The van der Waals surface area contributed by atoms with Gasteiger partial charge in [0.1, 0.15) is 67.3 Å². The number of methoxy groups -OCH3 is 1. The molecule has 0 aromatic carbocycles. The highest BCUT2D eigenvalue weighted by atomic mass is 32.2. The predicted octanol–water partition coefficient (Wildman–Crippen LogP) is -5.34. The molecule has 0 aromatic rings. The largest absolute Gasteiger partial charge is 0.394 e. The SMILES string of the molecule is CO[C@H]1OC(CSCCNC(=S)N[C@@H]2OC(CO)[C@@H](O[C@@H]3OC(CO)[C@H](O)[C@H](O)C3O)[C@H](O[C@@H]3OC(C)[C@@H](O)[C@H](O)C3O)C2C)C(C)[C@H](O)C1O. The van der Waals surface area contributed by atoms with Crippen LogP contribution in [0.2, 0.25) is 0 Å². The molecule has 298 valence electrons. The first-order valence-corrected chi connectivity index (χ1v) is 18.4. The Morgan fingerprint density at radius 3 is 1.84 bits per heavy atom. The van der Waals surface area contributed by atoms with Crippen LogP contribution in [0, 0.1) is 11.8 Å². The van der Waals surface area contributed by atoms with Crippen molar-refractivity contribution in [2.75, 3.05) is 38.4 Å². The predicted molar refractivity (Wildman–Crippen MR) is 179 cm³/mol. The Morgan fingerprint density at radius 1 is 0.647 bits per heavy atom. The van der Waals surface area contributed by atoms with Gasteiger partial charge in [0.15, 0.2) is 24.0 Å². The summed E-state index contributed by atoms with van der Waals surface area (Å²) >= 11 is 7.03. The van der Waals surface area contributed by atoms with E-state index < -0.39 is 124 Å². The summed E-state index contributed by atoms with van der Waals surface area (Å²) in [4.78, 5) is 0. The van der Waals surface area contributed by atoms with E-state index in [1.807, 2.05) is 0 Å². The summed E-state index contributed by atoms with van der Waals surface area (Å²) in [6.45, 7) is 3.97. The maximum atomic E-state index is 10.7. The fraction of sp³-hybridized carbons (Fsp3) is 0.967. The number of hydrogen-bond acceptors (Lipinski definition) is 19. The lowest BCUT2D eigenvalue weighted by molar-refractivity contribution is -0.365. The summed E-state index contributed by atoms with van der Waals surface area (Å²) < 4.78 is 40.4. The zero-order valence-electron chi connectivity index (χ0n) is 28.7. The zero-order chi connectivity index (χ0) is 37.7. The van der Waals surface area contributed by atoms with Gasteiger partial charge >= 0.3 is 0 Å². The van der Waals surface area contributed by atoms with Crippen LogP contribution in [0.3, 0.4) is 0 Å². The second-order valence-electron chi connectivity index (χ2n) is 13.3. The fourth-order valence-electron chi connectivity index (χ4n) is 6.44. The molecular formula is C30H54N2O17S2. The van der Waals surface area contributed by atoms with E-state index >= 15 is 0 Å². The Kier molecular flexibility index (Phi) is 16.3. The number of hydrogen-bond donors (Lipinski definition) is 12. The molecule has 4 heterocycles. The van der Waals surface area contributed by atoms with E-state index in [9.17, 15) is 51.1 Å². The normalized spacial score (nSPS) is 47.9. The minimum atomic E-state index is -1.79. The van der Waals surface area contributed by atoms with Gasteiger partial charge in [-0.1, -0.05) is 13.8 Å². The Morgan fingerprint density at radius 2 is 1.22 bits per heavy atom. The van der Waals surface area contributed by atoms with Crippen molar-refractivity contribution in [3.8, 4) is 0 Å². The molecule has 0 saturated carbocycles. The summed E-state index contributed by atoms with van der Waals surface area (Å²) in [6.07, 6.45) is -23.3. The molecule has 4 fully saturated rings. The molecule has 12 N–H and O–H groups in total. The van der Waals surface area contributed by atoms with Gasteiger partial charge < -0.3 is 94.9 Å². The van der Waals surface area contributed by atoms with Crippen molar-refractivity contribution in [3.05, 3.63) is 0 Å². The zero-order valence-corrected chi connectivity index (χ0v) is 30.4. The van der Waals surface area contributed by atoms with Crippen molar-refractivity contribution >= 4 is 29.1 Å². The average molecular weight is 779 g/mol. The Labute approximate surface area is 305 Å². The van der Waals surface area contributed by atoms with E-state index in [0.717, 1.165) is 0 Å². The standard InChI is InChI=1S/C30H54N2O17S2/c1-10-15(47-27(43-4)21(40)16(10)35)9-51-6-5-31-30(50)32-26-11(2)24(48-28-22(41)19(38)17(36)12(3)44-28)25(14(8-34)45-26)49-29-23(42)20(39)18(37)13(7-33)46-29/h10-29,33-42H,5-9H2,1-4H3,(H2,31,32,50)/t10?,11?,12?,13?,14?,15?,16-,17+,18-,19-,20-,21?,22?,23?,24+,25+,26+,27-,28-,29-/m0/s1. The van der Waals surface area contributed by atoms with E-state index in [4.69, 9.17) is 45.4 Å². The molecular weight excluding hydrogens is 724 g/mol. The van der Waals surface area contributed by atoms with Gasteiger partial charge in [0.25, 0.3) is 0 Å². The summed E-state index contributed by atoms with van der Waals surface area (Å²) in [5, 5.41) is 109. The van der Waals surface area contributed by atoms with Crippen LogP contribution in [0.4, 0.5) is 0 Å². The Balaban J connectivity index is 1.41. The Hall–Kier alpha value is -0.640. The van der Waals surface area contributed by atoms with E-state index in [1.165, 1.54) is 25.8 Å². The van der Waals surface area contributed by atoms with Crippen LogP contribution in [0.15, 0.2) is 0 Å². The molecule has 51 heavy (non-hydrogen) atoms. The minimum absolute atomic E-state index is 0.178. The highest BCUT2D eigenvalue weighted by molar-refractivity contribution is 7.99. The fourth-order valence-corrected chi connectivity index (χ4v) is 7.68. The van der Waals surface area contributed by atoms with E-state index in [2.05, 4.69) is 10.6 Å². The van der Waals surface area contributed by atoms with E-state index in [-0.39, 0.29) is 17.1 Å². The van der Waals surface area contributed by atoms with Crippen LogP contribution < -0.4 is 10.6 Å². The maximum Gasteiger partial charge on any atom is 0.187 e. The third kappa shape index (κ3) is 9.97. The van der Waals surface area contributed by atoms with Crippen molar-refractivity contribution in [1.29, 1.82) is 0 Å². The van der Waals surface area contributed by atoms with Gasteiger partial charge in [0.05, 0.1) is 37.6 Å². The Bertz CT molecular complexity index is 1090. The van der Waals surface area contributed by atoms with Crippen LogP contribution in [-0.2, 0) is 33.2 Å². The van der Waals surface area contributed by atoms with Crippen molar-refractivity contribution in [1.82, 2.24) is 10.6 Å². The van der Waals surface area contributed by atoms with Crippen LogP contribution in [0.25, 0.3) is 0 Å². The van der Waals surface area contributed by atoms with Crippen LogP contribution in [-0.4, -0.2) is 205 Å². The quantitative estimate of drug-likeness (QED) is 0.0614. The summed E-state index contributed by atoms with van der Waals surface area (Å²) in [6, 6.07) is 0. The number of ether oxygens (including phenoxy) is 7. The summed E-state index contributed by atoms with van der Waals surface area (Å²) in [5.74, 6) is 0.0449. The molecule has 0 bridgehead atoms. The number of rotatable bonds is 13. The molecule has 0 radical (unpaired) electrons.